The van der Waals surface area contributed by atoms with Gasteiger partial charge in [0.15, 0.2) is 0 Å². The molecule has 1 aliphatic rings. The van der Waals surface area contributed by atoms with Crippen LogP contribution in [0.15, 0.2) is 29.2 Å². The van der Waals surface area contributed by atoms with Gasteiger partial charge in [0.05, 0.1) is 0 Å². The lowest BCUT2D eigenvalue weighted by Gasteiger charge is -2.34. The molecule has 6 nitrogen and oxygen atoms in total. The summed E-state index contributed by atoms with van der Waals surface area (Å²) in [5.41, 5.74) is 0.575. The first-order valence-corrected chi connectivity index (χ1v) is 8.58. The summed E-state index contributed by atoms with van der Waals surface area (Å²) in [6, 6.07) is 6.81. The maximum atomic E-state index is 12.4. The standard InChI is InChI=1S/C15H20N2O4S/c1-21-11-14(18)16-7-9-17(10-8-16)15(19)12-3-5-13(6-4-12)22(2)20/h3-6H,7-11H2,1-2H3. The highest BCUT2D eigenvalue weighted by Gasteiger charge is 2.24. The molecule has 0 saturated carbocycles. The normalized spacial score (nSPS) is 16.5. The zero-order valence-corrected chi connectivity index (χ0v) is 13.6. The SMILES string of the molecule is COCC(=O)N1CCN(C(=O)c2ccc(S(C)=O)cc2)CC1. The Morgan fingerprint density at radius 1 is 1.09 bits per heavy atom. The van der Waals surface area contributed by atoms with Gasteiger partial charge in [-0.3, -0.25) is 13.8 Å². The van der Waals surface area contributed by atoms with E-state index < -0.39 is 10.8 Å². The van der Waals surface area contributed by atoms with Crippen LogP contribution in [0.3, 0.4) is 0 Å². The lowest BCUT2D eigenvalue weighted by Crippen LogP contribution is -2.51. The molecule has 1 saturated heterocycles. The second-order valence-electron chi connectivity index (χ2n) is 5.08. The second-order valence-corrected chi connectivity index (χ2v) is 6.46. The maximum absolute atomic E-state index is 12.4. The third-order valence-electron chi connectivity index (χ3n) is 3.62. The first-order chi connectivity index (χ1) is 10.5. The summed E-state index contributed by atoms with van der Waals surface area (Å²) in [6.07, 6.45) is 1.60. The molecule has 7 heteroatoms. The van der Waals surface area contributed by atoms with E-state index in [4.69, 9.17) is 4.74 Å². The Morgan fingerprint density at radius 2 is 1.64 bits per heavy atom. The molecule has 120 valence electrons. The Kier molecular flexibility index (Phi) is 5.68. The van der Waals surface area contributed by atoms with Gasteiger partial charge in [0.2, 0.25) is 5.91 Å². The number of methoxy groups -OCH3 is 1. The van der Waals surface area contributed by atoms with Gasteiger partial charge in [-0.05, 0) is 24.3 Å². The monoisotopic (exact) mass is 324 g/mol. The van der Waals surface area contributed by atoms with E-state index in [-0.39, 0.29) is 18.4 Å². The molecule has 2 amide bonds. The molecule has 1 aliphatic heterocycles. The number of benzene rings is 1. The maximum Gasteiger partial charge on any atom is 0.253 e. The molecule has 1 aromatic rings. The molecule has 0 aromatic heterocycles. The van der Waals surface area contributed by atoms with Gasteiger partial charge in [-0.2, -0.15) is 0 Å². The lowest BCUT2D eigenvalue weighted by atomic mass is 10.2. The number of hydrogen-bond donors (Lipinski definition) is 0. The highest BCUT2D eigenvalue weighted by atomic mass is 32.2. The van der Waals surface area contributed by atoms with Gasteiger partial charge >= 0.3 is 0 Å². The minimum absolute atomic E-state index is 0.0515. The van der Waals surface area contributed by atoms with Crippen molar-refractivity contribution in [3.8, 4) is 0 Å². The van der Waals surface area contributed by atoms with Gasteiger partial charge in [0.25, 0.3) is 5.91 Å². The van der Waals surface area contributed by atoms with Crippen molar-refractivity contribution in [1.82, 2.24) is 9.80 Å². The Hall–Kier alpha value is -1.73. The zero-order chi connectivity index (χ0) is 16.1. The fourth-order valence-corrected chi connectivity index (χ4v) is 2.86. The first-order valence-electron chi connectivity index (χ1n) is 7.02. The quantitative estimate of drug-likeness (QED) is 0.802. The van der Waals surface area contributed by atoms with Gasteiger partial charge < -0.3 is 14.5 Å². The number of piperazine rings is 1. The molecule has 1 heterocycles. The Labute approximate surface area is 132 Å². The van der Waals surface area contributed by atoms with E-state index in [1.54, 1.807) is 40.3 Å². The summed E-state index contributed by atoms with van der Waals surface area (Å²) < 4.78 is 16.2. The van der Waals surface area contributed by atoms with Crippen LogP contribution in [0.25, 0.3) is 0 Å². The van der Waals surface area contributed by atoms with Crippen molar-refractivity contribution >= 4 is 22.6 Å². The number of ether oxygens (including phenoxy) is 1. The van der Waals surface area contributed by atoms with Crippen molar-refractivity contribution in [2.75, 3.05) is 46.2 Å². The van der Waals surface area contributed by atoms with Crippen molar-refractivity contribution < 1.29 is 18.5 Å². The van der Waals surface area contributed by atoms with Crippen molar-refractivity contribution in [3.05, 3.63) is 29.8 Å². The van der Waals surface area contributed by atoms with Crippen LogP contribution in [-0.4, -0.2) is 72.0 Å². The van der Waals surface area contributed by atoms with Gasteiger partial charge in [-0.25, -0.2) is 0 Å². The topological polar surface area (TPSA) is 66.9 Å². The number of amides is 2. The van der Waals surface area contributed by atoms with E-state index in [1.165, 1.54) is 7.11 Å². The third-order valence-corrected chi connectivity index (χ3v) is 4.56. The van der Waals surface area contributed by atoms with Crippen LogP contribution in [0, 0.1) is 0 Å². The summed E-state index contributed by atoms with van der Waals surface area (Å²) in [5, 5.41) is 0. The molecule has 2 rings (SSSR count). The van der Waals surface area contributed by atoms with E-state index in [1.807, 2.05) is 0 Å². The van der Waals surface area contributed by atoms with Gasteiger partial charge in [0, 0.05) is 60.8 Å². The van der Waals surface area contributed by atoms with E-state index in [2.05, 4.69) is 0 Å². The molecule has 22 heavy (non-hydrogen) atoms. The highest BCUT2D eigenvalue weighted by molar-refractivity contribution is 7.84. The summed E-state index contributed by atoms with van der Waals surface area (Å²) >= 11 is 0. The average molecular weight is 324 g/mol. The fourth-order valence-electron chi connectivity index (χ4n) is 2.35. The smallest absolute Gasteiger partial charge is 0.253 e. The molecule has 1 aromatic carbocycles. The lowest BCUT2D eigenvalue weighted by molar-refractivity contribution is -0.136. The predicted octanol–water partition coefficient (Wildman–Crippen LogP) is 0.355. The van der Waals surface area contributed by atoms with Crippen molar-refractivity contribution in [1.29, 1.82) is 0 Å². The van der Waals surface area contributed by atoms with Crippen LogP contribution in [0.2, 0.25) is 0 Å². The van der Waals surface area contributed by atoms with Crippen LogP contribution in [-0.2, 0) is 20.3 Å². The molecular weight excluding hydrogens is 304 g/mol. The predicted molar refractivity (Wildman–Crippen MR) is 83.1 cm³/mol. The largest absolute Gasteiger partial charge is 0.375 e. The molecule has 1 unspecified atom stereocenters. The van der Waals surface area contributed by atoms with Crippen LogP contribution in [0.4, 0.5) is 0 Å². The van der Waals surface area contributed by atoms with E-state index in [0.29, 0.717) is 36.6 Å². The van der Waals surface area contributed by atoms with E-state index in [0.717, 1.165) is 0 Å². The van der Waals surface area contributed by atoms with Crippen molar-refractivity contribution in [3.63, 3.8) is 0 Å². The minimum atomic E-state index is -1.05. The molecular formula is C15H20N2O4S. The molecule has 0 N–H and O–H groups in total. The van der Waals surface area contributed by atoms with Crippen molar-refractivity contribution in [2.45, 2.75) is 4.90 Å². The zero-order valence-electron chi connectivity index (χ0n) is 12.8. The summed E-state index contributed by atoms with van der Waals surface area (Å²) in [6.45, 7) is 2.13. The van der Waals surface area contributed by atoms with E-state index >= 15 is 0 Å². The Morgan fingerprint density at radius 3 is 2.14 bits per heavy atom. The summed E-state index contributed by atoms with van der Waals surface area (Å²) in [7, 11) is 0.443. The minimum Gasteiger partial charge on any atom is -0.375 e. The Balaban J connectivity index is 1.94. The number of hydrogen-bond acceptors (Lipinski definition) is 4. The van der Waals surface area contributed by atoms with Crippen LogP contribution in [0.1, 0.15) is 10.4 Å². The average Bonchev–Trinajstić information content (AvgIpc) is 2.54. The first kappa shape index (κ1) is 16.6. The number of carbonyl (C=O) groups is 2. The number of rotatable bonds is 4. The third kappa shape index (κ3) is 3.92. The molecule has 1 atom stereocenters. The van der Waals surface area contributed by atoms with Crippen LogP contribution in [0.5, 0.6) is 0 Å². The Bertz CT molecular complexity index is 565. The van der Waals surface area contributed by atoms with Crippen LogP contribution >= 0.6 is 0 Å². The van der Waals surface area contributed by atoms with Gasteiger partial charge in [-0.1, -0.05) is 0 Å². The van der Waals surface area contributed by atoms with E-state index in [9.17, 15) is 13.8 Å². The summed E-state index contributed by atoms with van der Waals surface area (Å²) in [5.74, 6) is -0.114. The number of carbonyl (C=O) groups excluding carboxylic acids is 2. The van der Waals surface area contributed by atoms with Crippen molar-refractivity contribution in [2.24, 2.45) is 0 Å². The van der Waals surface area contributed by atoms with Gasteiger partial charge in [-0.15, -0.1) is 0 Å². The second kappa shape index (κ2) is 7.51. The fraction of sp³-hybridized carbons (Fsp3) is 0.467. The molecule has 0 radical (unpaired) electrons. The molecule has 0 aliphatic carbocycles. The number of nitrogens with zero attached hydrogens (tertiary/aromatic N) is 2. The van der Waals surface area contributed by atoms with Gasteiger partial charge in [0.1, 0.15) is 6.61 Å². The highest BCUT2D eigenvalue weighted by Crippen LogP contribution is 2.12. The molecule has 1 fully saturated rings. The van der Waals surface area contributed by atoms with Crippen LogP contribution < -0.4 is 0 Å². The molecule has 0 spiro atoms. The molecule has 0 bridgehead atoms. The summed E-state index contributed by atoms with van der Waals surface area (Å²) in [4.78, 5) is 28.3.